The van der Waals surface area contributed by atoms with Crippen molar-refractivity contribution in [2.75, 3.05) is 144 Å². The van der Waals surface area contributed by atoms with Gasteiger partial charge in [0.25, 0.3) is 0 Å². The molecule has 2 saturated heterocycles. The molecule has 28 heteroatoms. The first-order valence-electron chi connectivity index (χ1n) is 29.2. The lowest BCUT2D eigenvalue weighted by atomic mass is 10.0. The van der Waals surface area contributed by atoms with E-state index in [0.717, 1.165) is 111 Å². The molecule has 2 aliphatic heterocycles. The Kier molecular flexibility index (Phi) is 25.7. The quantitative estimate of drug-likeness (QED) is 0.0306. The third-order valence-electron chi connectivity index (χ3n) is 15.3. The summed E-state index contributed by atoms with van der Waals surface area (Å²) in [5.41, 5.74) is 6.19. The van der Waals surface area contributed by atoms with E-state index in [-0.39, 0.29) is 124 Å². The van der Waals surface area contributed by atoms with Crippen LogP contribution in [0.2, 0.25) is 10.0 Å². The van der Waals surface area contributed by atoms with Crippen molar-refractivity contribution in [3.8, 4) is 11.5 Å². The fourth-order valence-corrected chi connectivity index (χ4v) is 13.6. The molecule has 0 radical (unpaired) electrons. The van der Waals surface area contributed by atoms with Gasteiger partial charge in [0.2, 0.25) is 20.0 Å². The van der Waals surface area contributed by atoms with Crippen molar-refractivity contribution < 1.29 is 63.6 Å². The lowest BCUT2D eigenvalue weighted by Crippen LogP contribution is -2.50. The van der Waals surface area contributed by atoms with Crippen LogP contribution in [0.15, 0.2) is 70.5 Å². The van der Waals surface area contributed by atoms with Crippen LogP contribution in [0.1, 0.15) is 58.4 Å². The number of aryl methyl sites for hydroxylation is 2. The number of sulfonamides is 2. The number of hydrogen-bond acceptors (Lipinski definition) is 16. The zero-order chi connectivity index (χ0) is 61.1. The van der Waals surface area contributed by atoms with E-state index in [1.54, 1.807) is 0 Å². The number of amides is 4. The second-order valence-electron chi connectivity index (χ2n) is 21.3. The summed E-state index contributed by atoms with van der Waals surface area (Å²) >= 11 is 12.9. The van der Waals surface area contributed by atoms with E-state index in [1.165, 1.54) is 24.3 Å². The van der Waals surface area contributed by atoms with Gasteiger partial charge in [0.15, 0.2) is 23.1 Å². The molecule has 8 N–H and O–H groups in total. The van der Waals surface area contributed by atoms with Gasteiger partial charge in [-0.15, -0.1) is 0 Å². The van der Waals surface area contributed by atoms with Gasteiger partial charge in [0, 0.05) is 102 Å². The molecular weight excluding hydrogens is 1200 g/mol. The molecule has 4 aromatic rings. The van der Waals surface area contributed by atoms with Gasteiger partial charge in [-0.05, 0) is 134 Å². The SMILES string of the molecule is Cc1cc(Cl)cc2c1C[C@H](N1CCNCC1)[C@H]2Oc1ccc(S(=O)(=O)NCCOCCOCCNC(=O)NCCCCNC(=O)NCCOCCOCCNS(=O)(=O)c2ccc(O[C@H]3c4cc(Cl)cc(C)c4C[C@@H]3N3CCNCC3)c(F)c2)cc1F. The molecule has 2 heterocycles. The second kappa shape index (κ2) is 33.0. The number of halogens is 4. The van der Waals surface area contributed by atoms with Crippen molar-refractivity contribution in [3.05, 3.63) is 116 Å². The maximum atomic E-state index is 15.5. The molecule has 8 rings (SSSR count). The lowest BCUT2D eigenvalue weighted by molar-refractivity contribution is 0.0516. The van der Waals surface area contributed by atoms with Crippen molar-refractivity contribution in [1.82, 2.24) is 51.1 Å². The van der Waals surface area contributed by atoms with Gasteiger partial charge < -0.3 is 60.3 Å². The monoisotopic (exact) mass is 1280 g/mol. The molecule has 4 aliphatic rings. The smallest absolute Gasteiger partial charge is 0.314 e. The first-order valence-corrected chi connectivity index (χ1v) is 32.9. The largest absolute Gasteiger partial charge is 0.481 e. The molecule has 86 heavy (non-hydrogen) atoms. The van der Waals surface area contributed by atoms with E-state index in [0.29, 0.717) is 36.0 Å². The Balaban J connectivity index is 0.587. The topological polar surface area (TPSA) is 261 Å². The molecule has 4 aromatic carbocycles. The molecule has 0 saturated carbocycles. The first-order chi connectivity index (χ1) is 41.5. The summed E-state index contributed by atoms with van der Waals surface area (Å²) in [7, 11) is -8.10. The summed E-state index contributed by atoms with van der Waals surface area (Å²) in [6, 6.07) is 14.0. The predicted octanol–water partition coefficient (Wildman–Crippen LogP) is 4.49. The van der Waals surface area contributed by atoms with Gasteiger partial charge in [-0.3, -0.25) is 9.80 Å². The third-order valence-corrected chi connectivity index (χ3v) is 18.7. The summed E-state index contributed by atoms with van der Waals surface area (Å²) in [5.74, 6) is -1.67. The second-order valence-corrected chi connectivity index (χ2v) is 25.7. The Labute approximate surface area is 512 Å². The molecular formula is C58H80Cl2F2N10O12S2. The van der Waals surface area contributed by atoms with Crippen LogP contribution in [-0.4, -0.2) is 195 Å². The summed E-state index contributed by atoms with van der Waals surface area (Å²) in [4.78, 5) is 28.5. The maximum absolute atomic E-state index is 15.5. The molecule has 22 nitrogen and oxygen atoms in total. The minimum atomic E-state index is -4.05. The number of fused-ring (bicyclic) bond motifs is 2. The number of piperazine rings is 2. The molecule has 2 aliphatic carbocycles. The fraction of sp³-hybridized carbons (Fsp3) is 0.552. The number of unbranched alkanes of at least 4 members (excludes halogenated alkanes) is 1. The molecule has 0 aromatic heterocycles. The van der Waals surface area contributed by atoms with Crippen molar-refractivity contribution in [2.24, 2.45) is 0 Å². The average Bonchev–Trinajstić information content (AvgIpc) is 1.75. The normalized spacial score (nSPS) is 19.0. The van der Waals surface area contributed by atoms with E-state index in [4.69, 9.17) is 51.6 Å². The number of ether oxygens (including phenoxy) is 6. The van der Waals surface area contributed by atoms with E-state index >= 15 is 8.78 Å². The van der Waals surface area contributed by atoms with Gasteiger partial charge in [-0.1, -0.05) is 23.2 Å². The van der Waals surface area contributed by atoms with Crippen molar-refractivity contribution in [3.63, 3.8) is 0 Å². The molecule has 4 atom stereocenters. The highest BCUT2D eigenvalue weighted by Crippen LogP contribution is 2.43. The molecule has 0 spiro atoms. The van der Waals surface area contributed by atoms with Gasteiger partial charge in [0.1, 0.15) is 12.2 Å². The number of rotatable bonds is 33. The zero-order valence-corrected chi connectivity index (χ0v) is 51.7. The summed E-state index contributed by atoms with van der Waals surface area (Å²) in [5, 5.41) is 18.7. The molecule has 2 fully saturated rings. The van der Waals surface area contributed by atoms with Crippen LogP contribution in [0.25, 0.3) is 0 Å². The van der Waals surface area contributed by atoms with Crippen LogP contribution in [0, 0.1) is 25.5 Å². The minimum Gasteiger partial charge on any atom is -0.481 e. The average molecular weight is 1280 g/mol. The number of carbonyl (C=O) groups excluding carboxylic acids is 2. The zero-order valence-electron chi connectivity index (χ0n) is 48.6. The Morgan fingerprint density at radius 1 is 0.523 bits per heavy atom. The number of nitrogens with one attached hydrogen (secondary N) is 8. The highest BCUT2D eigenvalue weighted by Gasteiger charge is 2.42. The van der Waals surface area contributed by atoms with Gasteiger partial charge in [-0.2, -0.15) is 0 Å². The highest BCUT2D eigenvalue weighted by molar-refractivity contribution is 7.89. The van der Waals surface area contributed by atoms with Crippen LogP contribution in [0.3, 0.4) is 0 Å². The molecule has 474 valence electrons. The Morgan fingerprint density at radius 2 is 0.884 bits per heavy atom. The number of hydrogen-bond donors (Lipinski definition) is 8. The Bertz CT molecular complexity index is 2930. The first kappa shape index (κ1) is 66.9. The lowest BCUT2D eigenvalue weighted by Gasteiger charge is -2.36. The third kappa shape index (κ3) is 19.2. The Hall–Kier alpha value is -5.04. The molecule has 4 amide bonds. The Morgan fingerprint density at radius 3 is 1.26 bits per heavy atom. The van der Waals surface area contributed by atoms with E-state index in [9.17, 15) is 26.4 Å². The number of benzene rings is 4. The van der Waals surface area contributed by atoms with Gasteiger partial charge in [0.05, 0.1) is 74.7 Å². The molecule has 0 bridgehead atoms. The summed E-state index contributed by atoms with van der Waals surface area (Å²) in [6.07, 6.45) is 1.75. The van der Waals surface area contributed by atoms with Crippen LogP contribution in [-0.2, 0) is 51.8 Å². The van der Waals surface area contributed by atoms with Crippen LogP contribution in [0.5, 0.6) is 11.5 Å². The summed E-state index contributed by atoms with van der Waals surface area (Å²) < 4.78 is 123. The van der Waals surface area contributed by atoms with Crippen molar-refractivity contribution in [2.45, 2.75) is 73.6 Å². The van der Waals surface area contributed by atoms with Crippen LogP contribution in [0.4, 0.5) is 18.4 Å². The maximum Gasteiger partial charge on any atom is 0.314 e. The number of urea groups is 2. The van der Waals surface area contributed by atoms with Crippen LogP contribution < -0.4 is 50.8 Å². The van der Waals surface area contributed by atoms with E-state index < -0.39 is 43.9 Å². The highest BCUT2D eigenvalue weighted by atomic mass is 35.5. The van der Waals surface area contributed by atoms with Gasteiger partial charge >= 0.3 is 12.1 Å². The number of nitrogens with zero attached hydrogens (tertiary/aromatic N) is 2. The van der Waals surface area contributed by atoms with Crippen molar-refractivity contribution in [1.29, 1.82) is 0 Å². The minimum absolute atomic E-state index is 0.0289. The van der Waals surface area contributed by atoms with E-state index in [1.807, 2.05) is 38.1 Å². The van der Waals surface area contributed by atoms with Crippen LogP contribution >= 0.6 is 23.2 Å². The van der Waals surface area contributed by atoms with E-state index in [2.05, 4.69) is 51.1 Å². The molecule has 0 unspecified atom stereocenters. The fourth-order valence-electron chi connectivity index (χ4n) is 11.0. The predicted molar refractivity (Wildman–Crippen MR) is 321 cm³/mol. The summed E-state index contributed by atoms with van der Waals surface area (Å²) in [6.45, 7) is 13.2. The van der Waals surface area contributed by atoms with Gasteiger partial charge in [-0.25, -0.2) is 44.6 Å². The van der Waals surface area contributed by atoms with Crippen molar-refractivity contribution >= 4 is 55.3 Å². The standard InChI is InChI=1S/C58H80Cl2F2N10O12S2/c1-39-31-41(59)33-47-45(39)37-51(71-19-11-63-12-20-71)55(47)83-53-7-5-43(35-49(53)61)85(75,76)69-17-25-81-29-27-79-23-15-67-57(73)65-9-3-4-10-66-58(74)68-16-24-80-28-30-82-26-18-70-86(77,78)44-6-8-54(50(62)36-44)84-56-48-34-42(60)32-40(2)46(48)38-52(56)72-21-13-64-14-22-72/h5-8,31-36,51-52,55-56,63-64,69-70H,3-4,9-30,37-38H2,1-2H3,(H2,65,67,73)(H2,66,68,74)/t51-,52-,55-,56-/m0/s1. The number of carbonyl (C=O) groups is 2.